The minimum atomic E-state index is -0.0552. The third-order valence-corrected chi connectivity index (χ3v) is 6.83. The number of hydrogen-bond donors (Lipinski definition) is 1. The molecule has 0 spiro atoms. The van der Waals surface area contributed by atoms with Gasteiger partial charge >= 0.3 is 0 Å². The van der Waals surface area contributed by atoms with Crippen LogP contribution in [0.3, 0.4) is 0 Å². The quantitative estimate of drug-likeness (QED) is 0.526. The maximum absolute atomic E-state index is 12.7. The molecule has 4 aromatic heterocycles. The molecule has 0 bridgehead atoms. The van der Waals surface area contributed by atoms with Crippen molar-refractivity contribution in [2.45, 2.75) is 19.5 Å². The van der Waals surface area contributed by atoms with E-state index < -0.39 is 0 Å². The number of H-pyrrole nitrogens is 1. The van der Waals surface area contributed by atoms with Crippen molar-refractivity contribution in [3.8, 4) is 10.4 Å². The zero-order chi connectivity index (χ0) is 17.4. The Morgan fingerprint density at radius 3 is 2.84 bits per heavy atom. The summed E-state index contributed by atoms with van der Waals surface area (Å²) in [6.45, 7) is 2.90. The molecule has 0 aliphatic carbocycles. The summed E-state index contributed by atoms with van der Waals surface area (Å²) in [5.74, 6) is 0.717. The Morgan fingerprint density at radius 2 is 2.12 bits per heavy atom. The summed E-state index contributed by atoms with van der Waals surface area (Å²) in [6, 6.07) is 6.20. The van der Waals surface area contributed by atoms with Crippen LogP contribution in [-0.2, 0) is 6.54 Å². The average molecular weight is 388 g/mol. The summed E-state index contributed by atoms with van der Waals surface area (Å²) >= 11 is 4.87. The minimum absolute atomic E-state index is 0.0317. The van der Waals surface area contributed by atoms with Gasteiger partial charge in [-0.2, -0.15) is 11.3 Å². The largest absolute Gasteiger partial charge is 0.309 e. The number of hydrogen-bond acceptors (Lipinski definition) is 6. The summed E-state index contributed by atoms with van der Waals surface area (Å²) < 4.78 is 0. The highest BCUT2D eigenvalue weighted by Gasteiger charge is 2.19. The van der Waals surface area contributed by atoms with E-state index in [-0.39, 0.29) is 11.6 Å². The van der Waals surface area contributed by atoms with Crippen LogP contribution in [0.4, 0.5) is 0 Å². The molecule has 7 heteroatoms. The lowest BCUT2D eigenvalue weighted by molar-refractivity contribution is 0.244. The van der Waals surface area contributed by atoms with Crippen LogP contribution in [0.25, 0.3) is 20.7 Å². The highest BCUT2D eigenvalue weighted by molar-refractivity contribution is 7.18. The van der Waals surface area contributed by atoms with Gasteiger partial charge in [0.15, 0.2) is 0 Å². The molecular weight excluding hydrogens is 370 g/mol. The number of aromatic amines is 1. The molecule has 0 amide bonds. The predicted octanol–water partition coefficient (Wildman–Crippen LogP) is 4.97. The van der Waals surface area contributed by atoms with E-state index in [0.29, 0.717) is 5.39 Å². The molecule has 0 saturated heterocycles. The standard InChI is InChI=1S/C18H17N3OS3/c1-11(21(2)8-12-5-7-23-9-12)16-19-17(22)15-13(10-25-18(15)20-16)14-4-3-6-24-14/h3-7,9-11H,8H2,1-2H3,(H,19,20,22)/t11-/m1/s1. The predicted molar refractivity (Wildman–Crippen MR) is 108 cm³/mol. The smallest absolute Gasteiger partial charge is 0.260 e. The number of thiophene rings is 3. The first kappa shape index (κ1) is 16.7. The summed E-state index contributed by atoms with van der Waals surface area (Å²) in [5, 5.41) is 8.98. The Morgan fingerprint density at radius 1 is 1.24 bits per heavy atom. The van der Waals surface area contributed by atoms with Crippen LogP contribution in [0.5, 0.6) is 0 Å². The molecular formula is C18H17N3OS3. The first-order valence-electron chi connectivity index (χ1n) is 7.90. The van der Waals surface area contributed by atoms with Crippen molar-refractivity contribution in [2.75, 3.05) is 7.05 Å². The molecule has 0 aromatic carbocycles. The fourth-order valence-corrected chi connectivity index (χ4v) is 5.22. The van der Waals surface area contributed by atoms with Gasteiger partial charge in [-0.05, 0) is 47.8 Å². The molecule has 0 saturated carbocycles. The van der Waals surface area contributed by atoms with E-state index in [2.05, 4.69) is 40.7 Å². The Labute approximate surface area is 157 Å². The number of nitrogens with one attached hydrogen (secondary N) is 1. The van der Waals surface area contributed by atoms with Gasteiger partial charge in [-0.15, -0.1) is 22.7 Å². The lowest BCUT2D eigenvalue weighted by atomic mass is 10.2. The zero-order valence-corrected chi connectivity index (χ0v) is 16.3. The topological polar surface area (TPSA) is 49.0 Å². The first-order chi connectivity index (χ1) is 12.1. The minimum Gasteiger partial charge on any atom is -0.309 e. The number of rotatable bonds is 5. The van der Waals surface area contributed by atoms with Gasteiger partial charge in [0, 0.05) is 22.4 Å². The molecule has 1 N–H and O–H groups in total. The molecule has 4 heterocycles. The SMILES string of the molecule is C[C@H](c1nc2scc(-c3cccs3)c2c(=O)[nH]1)N(C)Cc1ccsc1. The molecule has 4 aromatic rings. The van der Waals surface area contributed by atoms with Crippen LogP contribution in [-0.4, -0.2) is 21.9 Å². The third-order valence-electron chi connectivity index (χ3n) is 4.32. The Balaban J connectivity index is 1.68. The third kappa shape index (κ3) is 3.20. The van der Waals surface area contributed by atoms with E-state index in [1.807, 2.05) is 22.9 Å². The van der Waals surface area contributed by atoms with Crippen molar-refractivity contribution in [1.82, 2.24) is 14.9 Å². The van der Waals surface area contributed by atoms with Gasteiger partial charge in [-0.3, -0.25) is 9.69 Å². The van der Waals surface area contributed by atoms with Gasteiger partial charge in [0.25, 0.3) is 5.56 Å². The molecule has 0 aliphatic heterocycles. The number of aromatic nitrogens is 2. The van der Waals surface area contributed by atoms with E-state index >= 15 is 0 Å². The van der Waals surface area contributed by atoms with Crippen molar-refractivity contribution in [1.29, 1.82) is 0 Å². The molecule has 25 heavy (non-hydrogen) atoms. The second kappa shape index (κ2) is 6.84. The normalized spacial score (nSPS) is 12.9. The van der Waals surface area contributed by atoms with Crippen molar-refractivity contribution in [2.24, 2.45) is 0 Å². The van der Waals surface area contributed by atoms with Gasteiger partial charge in [0.1, 0.15) is 10.7 Å². The summed E-state index contributed by atoms with van der Waals surface area (Å²) in [4.78, 5) is 24.6. The average Bonchev–Trinajstić information content (AvgIpc) is 3.34. The van der Waals surface area contributed by atoms with Gasteiger partial charge in [-0.1, -0.05) is 6.07 Å². The van der Waals surface area contributed by atoms with Crippen LogP contribution in [0.1, 0.15) is 24.4 Å². The van der Waals surface area contributed by atoms with Crippen LogP contribution in [0.2, 0.25) is 0 Å². The molecule has 4 nitrogen and oxygen atoms in total. The highest BCUT2D eigenvalue weighted by Crippen LogP contribution is 2.34. The lowest BCUT2D eigenvalue weighted by Gasteiger charge is -2.23. The van der Waals surface area contributed by atoms with Gasteiger partial charge in [0.05, 0.1) is 11.4 Å². The van der Waals surface area contributed by atoms with Crippen molar-refractivity contribution in [3.05, 3.63) is 61.5 Å². The summed E-state index contributed by atoms with van der Waals surface area (Å²) in [7, 11) is 2.05. The Bertz CT molecular complexity index is 1030. The second-order valence-corrected chi connectivity index (χ2v) is 8.57. The maximum atomic E-state index is 12.7. The van der Waals surface area contributed by atoms with E-state index in [0.717, 1.165) is 27.6 Å². The second-order valence-electron chi connectivity index (χ2n) is 5.98. The fraction of sp³-hybridized carbons (Fsp3) is 0.222. The van der Waals surface area contributed by atoms with Crippen molar-refractivity contribution < 1.29 is 0 Å². The van der Waals surface area contributed by atoms with Crippen LogP contribution in [0.15, 0.2) is 44.5 Å². The summed E-state index contributed by atoms with van der Waals surface area (Å²) in [5.41, 5.74) is 2.20. The molecule has 0 radical (unpaired) electrons. The molecule has 0 aliphatic rings. The number of nitrogens with zero attached hydrogens (tertiary/aromatic N) is 2. The van der Waals surface area contributed by atoms with E-state index in [9.17, 15) is 4.79 Å². The summed E-state index contributed by atoms with van der Waals surface area (Å²) in [6.07, 6.45) is 0. The van der Waals surface area contributed by atoms with Crippen LogP contribution >= 0.6 is 34.0 Å². The van der Waals surface area contributed by atoms with Gasteiger partial charge in [0.2, 0.25) is 0 Å². The van der Waals surface area contributed by atoms with Crippen molar-refractivity contribution >= 4 is 44.2 Å². The van der Waals surface area contributed by atoms with Gasteiger partial charge in [-0.25, -0.2) is 4.98 Å². The Hall–Kier alpha value is -1.80. The van der Waals surface area contributed by atoms with Crippen LogP contribution < -0.4 is 5.56 Å². The van der Waals surface area contributed by atoms with Gasteiger partial charge < -0.3 is 4.98 Å². The lowest BCUT2D eigenvalue weighted by Crippen LogP contribution is -2.25. The van der Waals surface area contributed by atoms with Crippen LogP contribution in [0, 0.1) is 0 Å². The zero-order valence-electron chi connectivity index (χ0n) is 13.9. The monoisotopic (exact) mass is 387 g/mol. The first-order valence-corrected chi connectivity index (χ1v) is 10.6. The van der Waals surface area contributed by atoms with E-state index in [1.165, 1.54) is 16.9 Å². The number of fused-ring (bicyclic) bond motifs is 1. The van der Waals surface area contributed by atoms with Crippen molar-refractivity contribution in [3.63, 3.8) is 0 Å². The molecule has 0 unspecified atom stereocenters. The highest BCUT2D eigenvalue weighted by atomic mass is 32.1. The van der Waals surface area contributed by atoms with E-state index in [4.69, 9.17) is 4.98 Å². The fourth-order valence-electron chi connectivity index (χ4n) is 2.79. The molecule has 1 atom stereocenters. The molecule has 128 valence electrons. The molecule has 4 rings (SSSR count). The Kier molecular flexibility index (Phi) is 4.56. The molecule has 0 fully saturated rings. The van der Waals surface area contributed by atoms with E-state index in [1.54, 1.807) is 22.7 Å². The maximum Gasteiger partial charge on any atom is 0.260 e.